The summed E-state index contributed by atoms with van der Waals surface area (Å²) in [4.78, 5) is 15.6. The van der Waals surface area contributed by atoms with Crippen LogP contribution in [0.3, 0.4) is 0 Å². The molecule has 6 heteroatoms. The molecule has 0 aliphatic carbocycles. The van der Waals surface area contributed by atoms with Crippen LogP contribution < -0.4 is 5.32 Å². The third-order valence-electron chi connectivity index (χ3n) is 6.98. The van der Waals surface area contributed by atoms with E-state index in [0.29, 0.717) is 11.3 Å². The fourth-order valence-electron chi connectivity index (χ4n) is 5.07. The summed E-state index contributed by atoms with van der Waals surface area (Å²) in [6.07, 6.45) is 0. The van der Waals surface area contributed by atoms with Gasteiger partial charge < -0.3 is 14.8 Å². The summed E-state index contributed by atoms with van der Waals surface area (Å²) in [7, 11) is 3.99. The Kier molecular flexibility index (Phi) is 9.01. The normalized spacial score (nSPS) is 13.3. The number of nitrogens with one attached hydrogen (secondary N) is 1. The fraction of sp³-hybridized carbons (Fsp3) is 0.303. The molecular weight excluding hydrogens is 504 g/mol. The quantitative estimate of drug-likeness (QED) is 0.225. The van der Waals surface area contributed by atoms with E-state index >= 15 is 0 Å². The van der Waals surface area contributed by atoms with Gasteiger partial charge in [0.1, 0.15) is 5.25 Å². The van der Waals surface area contributed by atoms with Crippen molar-refractivity contribution in [2.75, 3.05) is 19.4 Å². The molecule has 1 N–H and O–H groups in total. The first kappa shape index (κ1) is 28.7. The minimum Gasteiger partial charge on any atom is -0.771 e. The molecule has 5 nitrogen and oxygen atoms in total. The predicted octanol–water partition coefficient (Wildman–Crippen LogP) is 7.37. The van der Waals surface area contributed by atoms with Crippen molar-refractivity contribution < 1.29 is 13.6 Å². The van der Waals surface area contributed by atoms with Gasteiger partial charge in [-0.25, -0.2) is 0 Å². The summed E-state index contributed by atoms with van der Waals surface area (Å²) in [6, 6.07) is 26.2. The van der Waals surface area contributed by atoms with Crippen molar-refractivity contribution in [3.63, 3.8) is 0 Å². The molecule has 204 valence electrons. The zero-order chi connectivity index (χ0) is 28.3. The van der Waals surface area contributed by atoms with Crippen LogP contribution in [0.25, 0.3) is 21.9 Å². The van der Waals surface area contributed by atoms with Crippen molar-refractivity contribution in [2.24, 2.45) is 0 Å². The molecule has 0 aliphatic rings. The molecule has 0 radical (unpaired) electrons. The molecule has 0 saturated carbocycles. The maximum absolute atomic E-state index is 13.6. The Labute approximate surface area is 234 Å². The molecule has 0 aliphatic heterocycles. The number of fused-ring (bicyclic) bond motifs is 1. The van der Waals surface area contributed by atoms with Crippen LogP contribution in [0, 0.1) is 0 Å². The lowest BCUT2D eigenvalue weighted by atomic mass is 9.83. The average Bonchev–Trinajstić information content (AvgIpc) is 2.88. The van der Waals surface area contributed by atoms with Gasteiger partial charge >= 0.3 is 0 Å². The highest BCUT2D eigenvalue weighted by molar-refractivity contribution is 7.80. The third kappa shape index (κ3) is 6.64. The van der Waals surface area contributed by atoms with Gasteiger partial charge in [-0.3, -0.25) is 9.00 Å². The maximum Gasteiger partial charge on any atom is 0.243 e. The van der Waals surface area contributed by atoms with Gasteiger partial charge in [-0.05, 0) is 99.4 Å². The van der Waals surface area contributed by atoms with E-state index in [2.05, 4.69) is 52.7 Å². The lowest BCUT2D eigenvalue weighted by Crippen LogP contribution is -2.27. The highest BCUT2D eigenvalue weighted by Gasteiger charge is 2.30. The first-order chi connectivity index (χ1) is 18.5. The van der Waals surface area contributed by atoms with Crippen molar-refractivity contribution in [1.82, 2.24) is 4.90 Å². The van der Waals surface area contributed by atoms with Crippen LogP contribution in [0.1, 0.15) is 67.0 Å². The van der Waals surface area contributed by atoms with Crippen LogP contribution in [-0.2, 0) is 22.4 Å². The molecule has 0 fully saturated rings. The number of rotatable bonds is 9. The molecule has 0 bridgehead atoms. The fourth-order valence-corrected chi connectivity index (χ4v) is 5.77. The Morgan fingerprint density at radius 2 is 1.41 bits per heavy atom. The van der Waals surface area contributed by atoms with Crippen LogP contribution in [0.5, 0.6) is 0 Å². The summed E-state index contributed by atoms with van der Waals surface area (Å²) in [6.45, 7) is 8.94. The van der Waals surface area contributed by atoms with Crippen LogP contribution in [0.15, 0.2) is 78.9 Å². The van der Waals surface area contributed by atoms with E-state index in [0.717, 1.165) is 39.7 Å². The minimum atomic E-state index is -2.66. The second kappa shape index (κ2) is 12.2. The molecule has 0 spiro atoms. The molecule has 1 amide bonds. The van der Waals surface area contributed by atoms with E-state index in [4.69, 9.17) is 0 Å². The van der Waals surface area contributed by atoms with Crippen LogP contribution >= 0.6 is 0 Å². The number of benzene rings is 4. The van der Waals surface area contributed by atoms with Gasteiger partial charge in [0.25, 0.3) is 0 Å². The molecule has 4 aromatic rings. The Bertz CT molecular complexity index is 1460. The molecule has 0 aromatic heterocycles. The minimum absolute atomic E-state index is 0.0158. The van der Waals surface area contributed by atoms with E-state index in [1.807, 2.05) is 78.2 Å². The van der Waals surface area contributed by atoms with Crippen molar-refractivity contribution in [1.29, 1.82) is 0 Å². The number of amides is 1. The summed E-state index contributed by atoms with van der Waals surface area (Å²) >= 11 is -2.66. The van der Waals surface area contributed by atoms with Crippen molar-refractivity contribution in [3.05, 3.63) is 101 Å². The van der Waals surface area contributed by atoms with Crippen molar-refractivity contribution in [2.45, 2.75) is 51.3 Å². The zero-order valence-electron chi connectivity index (χ0n) is 23.5. The standard InChI is InChI=1S/C33H38N2O3S/c1-21(2)29-18-27(26-14-13-24-9-7-8-10-25(24)17-26)19-30(22(3)4)31(29)32(39(37)38)33(36)34-28-15-11-23(12-16-28)20-35(5)6/h7-19,21-22,32H,20H2,1-6H3,(H,34,36)(H,37,38)/p-1. The van der Waals surface area contributed by atoms with E-state index in [1.165, 1.54) is 5.39 Å². The Balaban J connectivity index is 1.78. The number of anilines is 1. The molecule has 4 aromatic carbocycles. The van der Waals surface area contributed by atoms with Gasteiger partial charge in [0.05, 0.1) is 0 Å². The van der Waals surface area contributed by atoms with Gasteiger partial charge in [0.2, 0.25) is 5.91 Å². The SMILES string of the molecule is CC(C)c1cc(-c2ccc3ccccc3c2)cc(C(C)C)c1C(C(=O)Nc1ccc(CN(C)C)cc1)S(=O)[O-]. The molecule has 2 atom stereocenters. The zero-order valence-corrected chi connectivity index (χ0v) is 24.3. The van der Waals surface area contributed by atoms with E-state index in [9.17, 15) is 13.6 Å². The molecule has 2 unspecified atom stereocenters. The van der Waals surface area contributed by atoms with Crippen molar-refractivity contribution >= 4 is 33.4 Å². The first-order valence-corrected chi connectivity index (χ1v) is 14.5. The monoisotopic (exact) mass is 541 g/mol. The molecule has 39 heavy (non-hydrogen) atoms. The molecule has 4 rings (SSSR count). The highest BCUT2D eigenvalue weighted by Crippen LogP contribution is 2.39. The number of carbonyl (C=O) groups excluding carboxylic acids is 1. The topological polar surface area (TPSA) is 72.5 Å². The van der Waals surface area contributed by atoms with Crippen molar-refractivity contribution in [3.8, 4) is 11.1 Å². The van der Waals surface area contributed by atoms with Crippen LogP contribution in [0.2, 0.25) is 0 Å². The molecule has 0 saturated heterocycles. The highest BCUT2D eigenvalue weighted by atomic mass is 32.2. The Morgan fingerprint density at radius 3 is 1.95 bits per heavy atom. The average molecular weight is 542 g/mol. The smallest absolute Gasteiger partial charge is 0.243 e. The number of hydrogen-bond donors (Lipinski definition) is 1. The Hall–Kier alpha value is -3.32. The summed E-state index contributed by atoms with van der Waals surface area (Å²) in [5.41, 5.74) is 6.08. The lowest BCUT2D eigenvalue weighted by molar-refractivity contribution is -0.116. The van der Waals surface area contributed by atoms with Gasteiger partial charge in [-0.15, -0.1) is 0 Å². The van der Waals surface area contributed by atoms with Crippen LogP contribution in [0.4, 0.5) is 5.69 Å². The first-order valence-electron chi connectivity index (χ1n) is 13.3. The summed E-state index contributed by atoms with van der Waals surface area (Å²) < 4.78 is 25.4. The second-order valence-corrected chi connectivity index (χ2v) is 12.0. The van der Waals surface area contributed by atoms with E-state index < -0.39 is 22.2 Å². The second-order valence-electron chi connectivity index (χ2n) is 11.0. The van der Waals surface area contributed by atoms with Gasteiger partial charge in [0.15, 0.2) is 0 Å². The largest absolute Gasteiger partial charge is 0.771 e. The van der Waals surface area contributed by atoms with Gasteiger partial charge in [-0.2, -0.15) is 0 Å². The third-order valence-corrected chi connectivity index (χ3v) is 7.82. The Morgan fingerprint density at radius 1 is 0.821 bits per heavy atom. The van der Waals surface area contributed by atoms with E-state index in [-0.39, 0.29) is 11.8 Å². The summed E-state index contributed by atoms with van der Waals surface area (Å²) in [5, 5.41) is 3.84. The number of hydrogen-bond acceptors (Lipinski definition) is 4. The maximum atomic E-state index is 13.6. The molecule has 0 heterocycles. The summed E-state index contributed by atoms with van der Waals surface area (Å²) in [5.74, 6) is -0.518. The number of carbonyl (C=O) groups is 1. The molecular formula is C33H37N2O3S-. The van der Waals surface area contributed by atoms with Gasteiger partial charge in [0, 0.05) is 12.2 Å². The van der Waals surface area contributed by atoms with E-state index in [1.54, 1.807) is 0 Å². The van der Waals surface area contributed by atoms with Gasteiger partial charge in [-0.1, -0.05) is 88.4 Å². The predicted molar refractivity (Wildman–Crippen MR) is 162 cm³/mol. The lowest BCUT2D eigenvalue weighted by Gasteiger charge is -2.29. The van der Waals surface area contributed by atoms with Crippen LogP contribution in [-0.4, -0.2) is 33.7 Å². The number of nitrogens with zero attached hydrogens (tertiary/aromatic N) is 1.